The molecule has 0 aliphatic rings. The summed E-state index contributed by atoms with van der Waals surface area (Å²) in [5.74, 6) is 0.266. The Bertz CT molecular complexity index is 1050. The predicted octanol–water partition coefficient (Wildman–Crippen LogP) is 4.93. The van der Waals surface area contributed by atoms with Crippen LogP contribution >= 0.6 is 23.2 Å². The maximum Gasteiger partial charge on any atom is 0.272 e. The number of rotatable bonds is 5. The van der Waals surface area contributed by atoms with Crippen LogP contribution in [0.5, 0.6) is 0 Å². The number of furan rings is 1. The molecule has 3 rings (SSSR count). The van der Waals surface area contributed by atoms with Crippen LogP contribution in [0.15, 0.2) is 64.1 Å². The highest BCUT2D eigenvalue weighted by Gasteiger charge is 2.11. The van der Waals surface area contributed by atoms with E-state index in [0.29, 0.717) is 22.1 Å². The van der Waals surface area contributed by atoms with Gasteiger partial charge >= 0.3 is 0 Å². The Labute approximate surface area is 163 Å². The molecule has 0 radical (unpaired) electrons. The Kier molecular flexibility index (Phi) is 5.54. The Hall–Kier alpha value is -3.16. The van der Waals surface area contributed by atoms with Crippen molar-refractivity contribution in [2.45, 2.75) is 0 Å². The number of hydrogen-bond donors (Lipinski definition) is 1. The van der Waals surface area contributed by atoms with Gasteiger partial charge in [-0.3, -0.25) is 14.9 Å². The fraction of sp³-hybridized carbons (Fsp3) is 0. The van der Waals surface area contributed by atoms with Gasteiger partial charge in [0.15, 0.2) is 0 Å². The van der Waals surface area contributed by atoms with Crippen molar-refractivity contribution in [2.75, 3.05) is 0 Å². The molecule has 0 bridgehead atoms. The van der Waals surface area contributed by atoms with E-state index in [1.807, 2.05) is 0 Å². The van der Waals surface area contributed by atoms with E-state index in [1.165, 1.54) is 30.5 Å². The minimum Gasteiger partial charge on any atom is -0.455 e. The van der Waals surface area contributed by atoms with Crippen molar-refractivity contribution in [3.05, 3.63) is 86.1 Å². The third kappa shape index (κ3) is 4.52. The second-order valence-electron chi connectivity index (χ2n) is 5.33. The summed E-state index contributed by atoms with van der Waals surface area (Å²) >= 11 is 11.8. The summed E-state index contributed by atoms with van der Waals surface area (Å²) < 4.78 is 5.56. The minimum atomic E-state index is -0.524. The van der Waals surface area contributed by atoms with Gasteiger partial charge in [0.2, 0.25) is 0 Å². The average Bonchev–Trinajstić information content (AvgIpc) is 3.12. The molecule has 1 amide bonds. The van der Waals surface area contributed by atoms with Crippen molar-refractivity contribution < 1.29 is 14.1 Å². The monoisotopic (exact) mass is 403 g/mol. The predicted molar refractivity (Wildman–Crippen MR) is 102 cm³/mol. The van der Waals surface area contributed by atoms with Gasteiger partial charge in [0.25, 0.3) is 11.6 Å². The molecule has 1 N–H and O–H groups in total. The van der Waals surface area contributed by atoms with Gasteiger partial charge in [0.1, 0.15) is 11.5 Å². The minimum absolute atomic E-state index is 0.0372. The second-order valence-corrected chi connectivity index (χ2v) is 6.18. The highest BCUT2D eigenvalue weighted by molar-refractivity contribution is 6.35. The molecule has 136 valence electrons. The normalized spacial score (nSPS) is 10.9. The summed E-state index contributed by atoms with van der Waals surface area (Å²) in [5.41, 5.74) is 3.04. The molecule has 3 aromatic rings. The molecule has 27 heavy (non-hydrogen) atoms. The van der Waals surface area contributed by atoms with E-state index in [9.17, 15) is 14.9 Å². The first-order valence-electron chi connectivity index (χ1n) is 7.57. The zero-order valence-electron chi connectivity index (χ0n) is 13.6. The molecule has 9 heteroatoms. The van der Waals surface area contributed by atoms with Crippen molar-refractivity contribution in [3.8, 4) is 11.3 Å². The SMILES string of the molecule is O=C(N/N=C\c1ccc(-c2cccc([N+](=O)[O-])c2)o1)c1cc(Cl)ccc1Cl. The highest BCUT2D eigenvalue weighted by atomic mass is 35.5. The van der Waals surface area contributed by atoms with Crippen molar-refractivity contribution >= 4 is 41.0 Å². The lowest BCUT2D eigenvalue weighted by atomic mass is 10.1. The van der Waals surface area contributed by atoms with Crippen molar-refractivity contribution in [2.24, 2.45) is 5.10 Å². The number of benzene rings is 2. The quantitative estimate of drug-likeness (QED) is 0.371. The molecule has 2 aromatic carbocycles. The molecule has 0 saturated heterocycles. The van der Waals surface area contributed by atoms with Crippen LogP contribution in [-0.4, -0.2) is 17.0 Å². The fourth-order valence-electron chi connectivity index (χ4n) is 2.24. The number of hydrogen-bond acceptors (Lipinski definition) is 5. The molecule has 0 unspecified atom stereocenters. The van der Waals surface area contributed by atoms with Gasteiger partial charge in [-0.1, -0.05) is 35.3 Å². The zero-order valence-corrected chi connectivity index (χ0v) is 15.1. The van der Waals surface area contributed by atoms with Crippen LogP contribution in [0.3, 0.4) is 0 Å². The maximum absolute atomic E-state index is 12.1. The number of nitrogens with one attached hydrogen (secondary N) is 1. The molecule has 7 nitrogen and oxygen atoms in total. The molecule has 0 fully saturated rings. The first kappa shape index (κ1) is 18.6. The van der Waals surface area contributed by atoms with Crippen LogP contribution in [0.1, 0.15) is 16.1 Å². The number of nitro benzene ring substituents is 1. The van der Waals surface area contributed by atoms with Crippen LogP contribution in [0, 0.1) is 10.1 Å². The van der Waals surface area contributed by atoms with Gasteiger partial charge in [-0.05, 0) is 30.3 Å². The van der Waals surface area contributed by atoms with Gasteiger partial charge in [0.05, 0.1) is 21.7 Å². The van der Waals surface area contributed by atoms with Crippen LogP contribution in [0.2, 0.25) is 10.0 Å². The molecule has 1 heterocycles. The third-order valence-corrected chi connectivity index (χ3v) is 4.06. The summed E-state index contributed by atoms with van der Waals surface area (Å²) in [4.78, 5) is 22.4. The van der Waals surface area contributed by atoms with Gasteiger partial charge in [-0.15, -0.1) is 0 Å². The topological polar surface area (TPSA) is 97.7 Å². The highest BCUT2D eigenvalue weighted by Crippen LogP contribution is 2.25. The van der Waals surface area contributed by atoms with Crippen molar-refractivity contribution in [1.82, 2.24) is 5.43 Å². The lowest BCUT2D eigenvalue weighted by Crippen LogP contribution is -2.18. The largest absolute Gasteiger partial charge is 0.455 e. The van der Waals surface area contributed by atoms with E-state index in [-0.39, 0.29) is 16.3 Å². The zero-order chi connectivity index (χ0) is 19.4. The van der Waals surface area contributed by atoms with E-state index >= 15 is 0 Å². The van der Waals surface area contributed by atoms with E-state index < -0.39 is 10.8 Å². The number of non-ortho nitro benzene ring substituents is 1. The first-order chi connectivity index (χ1) is 12.9. The summed E-state index contributed by atoms with van der Waals surface area (Å²) in [5, 5.41) is 15.3. The maximum atomic E-state index is 12.1. The summed E-state index contributed by atoms with van der Waals surface area (Å²) in [6.07, 6.45) is 1.30. The van der Waals surface area contributed by atoms with Crippen molar-refractivity contribution in [1.29, 1.82) is 0 Å². The number of amides is 1. The van der Waals surface area contributed by atoms with Crippen LogP contribution < -0.4 is 5.43 Å². The number of nitro groups is 1. The molecule has 0 spiro atoms. The van der Waals surface area contributed by atoms with Crippen LogP contribution in [0.4, 0.5) is 5.69 Å². The number of hydrazone groups is 1. The third-order valence-electron chi connectivity index (χ3n) is 3.50. The number of carbonyl (C=O) groups excluding carboxylic acids is 1. The first-order valence-corrected chi connectivity index (χ1v) is 8.33. The standard InChI is InChI=1S/C18H11Cl2N3O4/c19-12-4-6-16(20)15(9-12)18(24)22-21-10-14-5-7-17(27-14)11-2-1-3-13(8-11)23(25)26/h1-10H,(H,22,24)/b21-10-. The summed E-state index contributed by atoms with van der Waals surface area (Å²) in [6.45, 7) is 0. The van der Waals surface area contributed by atoms with E-state index in [4.69, 9.17) is 27.6 Å². The Morgan fingerprint density at radius 3 is 2.74 bits per heavy atom. The lowest BCUT2D eigenvalue weighted by Gasteiger charge is -2.02. The second kappa shape index (κ2) is 8.03. The fourth-order valence-corrected chi connectivity index (χ4v) is 2.61. The molecule has 0 aliphatic carbocycles. The number of carbonyl (C=O) groups is 1. The van der Waals surface area contributed by atoms with Crippen LogP contribution in [-0.2, 0) is 0 Å². The molecular weight excluding hydrogens is 393 g/mol. The van der Waals surface area contributed by atoms with Crippen molar-refractivity contribution in [3.63, 3.8) is 0 Å². The Morgan fingerprint density at radius 2 is 1.96 bits per heavy atom. The van der Waals surface area contributed by atoms with Crippen LogP contribution in [0.25, 0.3) is 11.3 Å². The van der Waals surface area contributed by atoms with Gasteiger partial charge in [-0.25, -0.2) is 5.43 Å². The molecule has 0 atom stereocenters. The molecule has 0 saturated carbocycles. The molecular formula is C18H11Cl2N3O4. The van der Waals surface area contributed by atoms with Gasteiger partial charge in [0, 0.05) is 22.7 Å². The molecule has 1 aromatic heterocycles. The average molecular weight is 404 g/mol. The van der Waals surface area contributed by atoms with E-state index in [2.05, 4.69) is 10.5 Å². The smallest absolute Gasteiger partial charge is 0.272 e. The van der Waals surface area contributed by atoms with Gasteiger partial charge in [-0.2, -0.15) is 5.10 Å². The van der Waals surface area contributed by atoms with E-state index in [1.54, 1.807) is 30.3 Å². The van der Waals surface area contributed by atoms with Gasteiger partial charge < -0.3 is 4.42 Å². The Balaban J connectivity index is 1.70. The Morgan fingerprint density at radius 1 is 1.15 bits per heavy atom. The summed E-state index contributed by atoms with van der Waals surface area (Å²) in [6, 6.07) is 13.8. The van der Waals surface area contributed by atoms with E-state index in [0.717, 1.165) is 0 Å². The number of halogens is 2. The number of nitrogens with zero attached hydrogens (tertiary/aromatic N) is 2. The summed E-state index contributed by atoms with van der Waals surface area (Å²) in [7, 11) is 0. The lowest BCUT2D eigenvalue weighted by molar-refractivity contribution is -0.384. The molecule has 0 aliphatic heterocycles.